The van der Waals surface area contributed by atoms with Crippen LogP contribution in [0.3, 0.4) is 0 Å². The third-order valence-corrected chi connectivity index (χ3v) is 3.41. The molecule has 2 unspecified atom stereocenters. The molecule has 0 aromatic rings. The minimum absolute atomic E-state index is 0.132. The molecule has 2 fully saturated rings. The van der Waals surface area contributed by atoms with E-state index in [-0.39, 0.29) is 11.9 Å². The number of allylic oxidation sites excluding steroid dienone is 1. The maximum atomic E-state index is 11.7. The number of nitrogens with one attached hydrogen (secondary N) is 1. The third kappa shape index (κ3) is 2.23. The van der Waals surface area contributed by atoms with E-state index in [1.54, 1.807) is 0 Å². The SMILES string of the molecule is CC(C)=CCN1C2CCCC1C(=O)NC2. The first-order chi connectivity index (χ1) is 7.18. The van der Waals surface area contributed by atoms with E-state index in [9.17, 15) is 4.79 Å². The molecule has 0 saturated carbocycles. The Bertz CT molecular complexity index is 281. The Labute approximate surface area is 91.5 Å². The molecule has 84 valence electrons. The Balaban J connectivity index is 2.07. The van der Waals surface area contributed by atoms with Gasteiger partial charge in [-0.05, 0) is 33.1 Å². The summed E-state index contributed by atoms with van der Waals surface area (Å²) in [5.74, 6) is 0.230. The molecule has 15 heavy (non-hydrogen) atoms. The summed E-state index contributed by atoms with van der Waals surface area (Å²) < 4.78 is 0. The first kappa shape index (κ1) is 10.7. The molecule has 0 aromatic heterocycles. The highest BCUT2D eigenvalue weighted by molar-refractivity contribution is 5.82. The first-order valence-corrected chi connectivity index (χ1v) is 5.85. The Morgan fingerprint density at radius 3 is 3.07 bits per heavy atom. The van der Waals surface area contributed by atoms with Gasteiger partial charge in [0.05, 0.1) is 6.04 Å². The molecule has 2 aliphatic heterocycles. The van der Waals surface area contributed by atoms with Gasteiger partial charge in [0, 0.05) is 19.1 Å². The highest BCUT2D eigenvalue weighted by Crippen LogP contribution is 2.25. The van der Waals surface area contributed by atoms with Gasteiger partial charge in [-0.3, -0.25) is 9.69 Å². The van der Waals surface area contributed by atoms with Crippen molar-refractivity contribution in [1.82, 2.24) is 10.2 Å². The summed E-state index contributed by atoms with van der Waals surface area (Å²) in [5.41, 5.74) is 1.33. The zero-order chi connectivity index (χ0) is 10.8. The van der Waals surface area contributed by atoms with Crippen molar-refractivity contribution in [3.8, 4) is 0 Å². The summed E-state index contributed by atoms with van der Waals surface area (Å²) in [7, 11) is 0. The maximum Gasteiger partial charge on any atom is 0.237 e. The smallest absolute Gasteiger partial charge is 0.237 e. The van der Waals surface area contributed by atoms with Gasteiger partial charge in [0.1, 0.15) is 0 Å². The van der Waals surface area contributed by atoms with Crippen LogP contribution < -0.4 is 5.32 Å². The van der Waals surface area contributed by atoms with Crippen LogP contribution in [0.2, 0.25) is 0 Å². The summed E-state index contributed by atoms with van der Waals surface area (Å²) in [6.07, 6.45) is 5.68. The van der Waals surface area contributed by atoms with Gasteiger partial charge < -0.3 is 5.32 Å². The van der Waals surface area contributed by atoms with Crippen molar-refractivity contribution < 1.29 is 4.79 Å². The van der Waals surface area contributed by atoms with E-state index >= 15 is 0 Å². The molecule has 0 aliphatic carbocycles. The van der Waals surface area contributed by atoms with E-state index in [0.29, 0.717) is 6.04 Å². The lowest BCUT2D eigenvalue weighted by Gasteiger charge is -2.44. The van der Waals surface area contributed by atoms with Crippen LogP contribution in [0.1, 0.15) is 33.1 Å². The molecule has 3 nitrogen and oxygen atoms in total. The van der Waals surface area contributed by atoms with Crippen molar-refractivity contribution in [3.05, 3.63) is 11.6 Å². The average Bonchev–Trinajstić information content (AvgIpc) is 2.20. The van der Waals surface area contributed by atoms with Crippen molar-refractivity contribution in [2.24, 2.45) is 0 Å². The number of rotatable bonds is 2. The predicted octanol–water partition coefficient (Wildman–Crippen LogP) is 1.31. The van der Waals surface area contributed by atoms with Crippen molar-refractivity contribution in [1.29, 1.82) is 0 Å². The molecule has 1 amide bonds. The quantitative estimate of drug-likeness (QED) is 0.694. The highest BCUT2D eigenvalue weighted by atomic mass is 16.2. The largest absolute Gasteiger partial charge is 0.353 e. The number of fused-ring (bicyclic) bond motifs is 2. The molecular formula is C12H20N2O. The van der Waals surface area contributed by atoms with Crippen molar-refractivity contribution in [3.63, 3.8) is 0 Å². The normalized spacial score (nSPS) is 30.9. The Morgan fingerprint density at radius 1 is 1.53 bits per heavy atom. The van der Waals surface area contributed by atoms with Gasteiger partial charge in [-0.1, -0.05) is 11.6 Å². The summed E-state index contributed by atoms with van der Waals surface area (Å²) in [5, 5.41) is 3.00. The van der Waals surface area contributed by atoms with Crippen LogP contribution in [0.25, 0.3) is 0 Å². The topological polar surface area (TPSA) is 32.3 Å². The number of hydrogen-bond donors (Lipinski definition) is 1. The van der Waals surface area contributed by atoms with Crippen molar-refractivity contribution in [2.75, 3.05) is 13.1 Å². The second kappa shape index (κ2) is 4.35. The minimum Gasteiger partial charge on any atom is -0.353 e. The lowest BCUT2D eigenvalue weighted by atomic mass is 9.92. The molecule has 2 heterocycles. The number of piperazine rings is 1. The Kier molecular flexibility index (Phi) is 3.10. The lowest BCUT2D eigenvalue weighted by molar-refractivity contribution is -0.133. The number of nitrogens with zero attached hydrogens (tertiary/aromatic N) is 1. The Hall–Kier alpha value is -0.830. The molecule has 2 atom stereocenters. The summed E-state index contributed by atoms with van der Waals surface area (Å²) in [6.45, 7) is 6.00. The van der Waals surface area contributed by atoms with E-state index in [1.807, 2.05) is 0 Å². The van der Waals surface area contributed by atoms with Crippen LogP contribution in [0.5, 0.6) is 0 Å². The van der Waals surface area contributed by atoms with Crippen LogP contribution in [0.4, 0.5) is 0 Å². The summed E-state index contributed by atoms with van der Waals surface area (Å²) in [4.78, 5) is 14.1. The lowest BCUT2D eigenvalue weighted by Crippen LogP contribution is -2.62. The second-order valence-electron chi connectivity index (χ2n) is 4.82. The second-order valence-corrected chi connectivity index (χ2v) is 4.82. The minimum atomic E-state index is 0.132. The van der Waals surface area contributed by atoms with E-state index in [4.69, 9.17) is 0 Å². The number of carbonyl (C=O) groups is 1. The molecule has 0 radical (unpaired) electrons. The molecule has 0 spiro atoms. The van der Waals surface area contributed by atoms with Gasteiger partial charge in [-0.2, -0.15) is 0 Å². The molecule has 0 aromatic carbocycles. The van der Waals surface area contributed by atoms with Gasteiger partial charge in [0.2, 0.25) is 5.91 Å². The standard InChI is InChI=1S/C12H20N2O/c1-9(2)6-7-14-10-4-3-5-11(14)12(15)13-8-10/h6,10-11H,3-5,7-8H2,1-2H3,(H,13,15). The van der Waals surface area contributed by atoms with Gasteiger partial charge in [-0.25, -0.2) is 0 Å². The molecular weight excluding hydrogens is 188 g/mol. The molecule has 2 aliphatic rings. The number of hydrogen-bond acceptors (Lipinski definition) is 2. The fourth-order valence-electron chi connectivity index (χ4n) is 2.53. The van der Waals surface area contributed by atoms with Crippen LogP contribution in [0, 0.1) is 0 Å². The van der Waals surface area contributed by atoms with Gasteiger partial charge in [-0.15, -0.1) is 0 Å². The monoisotopic (exact) mass is 208 g/mol. The molecule has 3 heteroatoms. The van der Waals surface area contributed by atoms with Crippen molar-refractivity contribution >= 4 is 5.91 Å². The Morgan fingerprint density at radius 2 is 2.33 bits per heavy atom. The van der Waals surface area contributed by atoms with E-state index in [1.165, 1.54) is 18.4 Å². The number of piperidine rings is 1. The zero-order valence-electron chi connectivity index (χ0n) is 9.62. The fourth-order valence-corrected chi connectivity index (χ4v) is 2.53. The van der Waals surface area contributed by atoms with Crippen LogP contribution >= 0.6 is 0 Å². The molecule has 2 bridgehead atoms. The zero-order valence-corrected chi connectivity index (χ0v) is 9.62. The van der Waals surface area contributed by atoms with Gasteiger partial charge in [0.25, 0.3) is 0 Å². The molecule has 2 saturated heterocycles. The third-order valence-electron chi connectivity index (χ3n) is 3.41. The molecule has 2 rings (SSSR count). The van der Waals surface area contributed by atoms with Crippen LogP contribution in [-0.2, 0) is 4.79 Å². The first-order valence-electron chi connectivity index (χ1n) is 5.85. The van der Waals surface area contributed by atoms with E-state index in [0.717, 1.165) is 19.5 Å². The maximum absolute atomic E-state index is 11.7. The number of amides is 1. The van der Waals surface area contributed by atoms with Crippen LogP contribution in [-0.4, -0.2) is 36.0 Å². The summed E-state index contributed by atoms with van der Waals surface area (Å²) in [6, 6.07) is 0.699. The summed E-state index contributed by atoms with van der Waals surface area (Å²) >= 11 is 0. The van der Waals surface area contributed by atoms with Crippen LogP contribution in [0.15, 0.2) is 11.6 Å². The highest BCUT2D eigenvalue weighted by Gasteiger charge is 2.38. The predicted molar refractivity (Wildman–Crippen MR) is 60.6 cm³/mol. The number of carbonyl (C=O) groups excluding carboxylic acids is 1. The van der Waals surface area contributed by atoms with E-state index in [2.05, 4.69) is 30.1 Å². The fraction of sp³-hybridized carbons (Fsp3) is 0.750. The average molecular weight is 208 g/mol. The molecule has 1 N–H and O–H groups in total. The van der Waals surface area contributed by atoms with E-state index < -0.39 is 0 Å². The van der Waals surface area contributed by atoms with Gasteiger partial charge in [0.15, 0.2) is 0 Å². The van der Waals surface area contributed by atoms with Gasteiger partial charge >= 0.3 is 0 Å². The van der Waals surface area contributed by atoms with Crippen molar-refractivity contribution in [2.45, 2.75) is 45.2 Å².